The summed E-state index contributed by atoms with van der Waals surface area (Å²) in [5, 5.41) is 10.3. The summed E-state index contributed by atoms with van der Waals surface area (Å²) in [5.74, 6) is 0.434. The summed E-state index contributed by atoms with van der Waals surface area (Å²) in [7, 11) is 1.56. The lowest BCUT2D eigenvalue weighted by Gasteiger charge is -2.05. The zero-order chi connectivity index (χ0) is 16.2. The van der Waals surface area contributed by atoms with Crippen LogP contribution >= 0.6 is 11.3 Å². The van der Waals surface area contributed by atoms with Crippen LogP contribution in [0.4, 0.5) is 0 Å². The van der Waals surface area contributed by atoms with Gasteiger partial charge in [-0.15, -0.1) is 11.3 Å². The van der Waals surface area contributed by atoms with Crippen molar-refractivity contribution in [3.63, 3.8) is 0 Å². The molecule has 2 heterocycles. The number of nitrogens with one attached hydrogen (secondary N) is 1. The van der Waals surface area contributed by atoms with E-state index in [1.165, 1.54) is 16.0 Å². The first-order valence-corrected chi connectivity index (χ1v) is 7.74. The number of methoxy groups -OCH3 is 1. The van der Waals surface area contributed by atoms with Gasteiger partial charge in [-0.2, -0.15) is 5.10 Å². The second-order valence-electron chi connectivity index (χ2n) is 4.75. The minimum Gasteiger partial charge on any atom is -0.497 e. The first-order chi connectivity index (χ1) is 11.2. The first kappa shape index (κ1) is 15.2. The molecule has 0 aliphatic carbocycles. The Labute approximate surface area is 135 Å². The highest BCUT2D eigenvalue weighted by Gasteiger charge is 2.13. The van der Waals surface area contributed by atoms with Gasteiger partial charge in [0, 0.05) is 23.0 Å². The Hall–Kier alpha value is -2.74. The van der Waals surface area contributed by atoms with Crippen LogP contribution < -0.4 is 10.1 Å². The zero-order valence-corrected chi connectivity index (χ0v) is 13.2. The summed E-state index contributed by atoms with van der Waals surface area (Å²) < 4.78 is 6.68. The van der Waals surface area contributed by atoms with Crippen molar-refractivity contribution in [3.05, 3.63) is 40.5 Å². The van der Waals surface area contributed by atoms with Crippen LogP contribution in [0.15, 0.2) is 29.8 Å². The quantitative estimate of drug-likeness (QED) is 0.694. The number of carbonyl (C=O) groups excluding carboxylic acids is 2. The number of aldehydes is 1. The van der Waals surface area contributed by atoms with Crippen molar-refractivity contribution in [1.82, 2.24) is 20.1 Å². The van der Waals surface area contributed by atoms with Crippen molar-refractivity contribution in [2.45, 2.75) is 13.1 Å². The molecular weight excluding hydrogens is 316 g/mol. The standard InChI is InChI=1S/C15H14N4O3S/c1-22-10-2-3-11-12(9-20)18-19(13(11)6-10)8-14(21)17-7-15-16-4-5-23-15/h2-6,9H,7-8H2,1H3,(H,17,21). The Bertz CT molecular complexity index is 842. The molecule has 0 fully saturated rings. The molecule has 7 nitrogen and oxygen atoms in total. The molecular formula is C15H14N4O3S. The summed E-state index contributed by atoms with van der Waals surface area (Å²) in [5.41, 5.74) is 0.978. The van der Waals surface area contributed by atoms with Crippen molar-refractivity contribution < 1.29 is 14.3 Å². The van der Waals surface area contributed by atoms with Crippen LogP contribution in [0.1, 0.15) is 15.5 Å². The number of ether oxygens (including phenoxy) is 1. The van der Waals surface area contributed by atoms with Gasteiger partial charge in [0.05, 0.1) is 19.2 Å². The van der Waals surface area contributed by atoms with Crippen LogP contribution in [-0.4, -0.2) is 34.1 Å². The van der Waals surface area contributed by atoms with Gasteiger partial charge in [-0.05, 0) is 12.1 Å². The number of benzene rings is 1. The smallest absolute Gasteiger partial charge is 0.242 e. The van der Waals surface area contributed by atoms with Crippen LogP contribution in [0, 0.1) is 0 Å². The van der Waals surface area contributed by atoms with Crippen molar-refractivity contribution in [1.29, 1.82) is 0 Å². The number of carbonyl (C=O) groups is 2. The molecule has 23 heavy (non-hydrogen) atoms. The summed E-state index contributed by atoms with van der Waals surface area (Å²) >= 11 is 1.48. The van der Waals surface area contributed by atoms with Crippen molar-refractivity contribution in [3.8, 4) is 5.75 Å². The van der Waals surface area contributed by atoms with Gasteiger partial charge >= 0.3 is 0 Å². The molecule has 0 bridgehead atoms. The van der Waals surface area contributed by atoms with Crippen LogP contribution in [0.25, 0.3) is 10.9 Å². The number of thiazole rings is 1. The minimum absolute atomic E-state index is 0.0167. The highest BCUT2D eigenvalue weighted by atomic mass is 32.1. The first-order valence-electron chi connectivity index (χ1n) is 6.86. The highest BCUT2D eigenvalue weighted by molar-refractivity contribution is 7.09. The molecule has 0 aliphatic heterocycles. The van der Waals surface area contributed by atoms with E-state index >= 15 is 0 Å². The summed E-state index contributed by atoms with van der Waals surface area (Å²) in [6.45, 7) is 0.391. The second-order valence-corrected chi connectivity index (χ2v) is 5.73. The monoisotopic (exact) mass is 330 g/mol. The molecule has 0 aliphatic rings. The van der Waals surface area contributed by atoms with Crippen molar-refractivity contribution in [2.24, 2.45) is 0 Å². The third-order valence-electron chi connectivity index (χ3n) is 3.31. The largest absolute Gasteiger partial charge is 0.497 e. The van der Waals surface area contributed by atoms with E-state index in [1.54, 1.807) is 31.5 Å². The van der Waals surface area contributed by atoms with E-state index in [-0.39, 0.29) is 12.5 Å². The molecule has 8 heteroatoms. The van der Waals surface area contributed by atoms with Gasteiger partial charge in [-0.3, -0.25) is 14.3 Å². The molecule has 1 N–H and O–H groups in total. The fourth-order valence-corrected chi connectivity index (χ4v) is 2.78. The Balaban J connectivity index is 1.81. The second kappa shape index (κ2) is 6.57. The lowest BCUT2D eigenvalue weighted by atomic mass is 10.2. The predicted molar refractivity (Wildman–Crippen MR) is 85.6 cm³/mol. The number of rotatable bonds is 6. The fourth-order valence-electron chi connectivity index (χ4n) is 2.22. The third-order valence-corrected chi connectivity index (χ3v) is 4.09. The maximum Gasteiger partial charge on any atom is 0.242 e. The molecule has 0 saturated heterocycles. The molecule has 0 saturated carbocycles. The van der Waals surface area contributed by atoms with E-state index in [9.17, 15) is 9.59 Å². The highest BCUT2D eigenvalue weighted by Crippen LogP contribution is 2.23. The maximum atomic E-state index is 12.1. The topological polar surface area (TPSA) is 86.1 Å². The van der Waals surface area contributed by atoms with Crippen LogP contribution in [-0.2, 0) is 17.9 Å². The molecule has 3 rings (SSSR count). The SMILES string of the molecule is COc1ccc2c(C=O)nn(CC(=O)NCc3nccs3)c2c1. The fraction of sp³-hybridized carbons (Fsp3) is 0.200. The van der Waals surface area contributed by atoms with E-state index in [4.69, 9.17) is 4.74 Å². The lowest BCUT2D eigenvalue weighted by molar-refractivity contribution is -0.121. The summed E-state index contributed by atoms with van der Waals surface area (Å²) in [6, 6.07) is 5.27. The van der Waals surface area contributed by atoms with E-state index in [0.717, 1.165) is 5.01 Å². The zero-order valence-electron chi connectivity index (χ0n) is 12.4. The van der Waals surface area contributed by atoms with E-state index < -0.39 is 0 Å². The van der Waals surface area contributed by atoms with Gasteiger partial charge < -0.3 is 10.1 Å². The Morgan fingerprint density at radius 2 is 2.35 bits per heavy atom. The Morgan fingerprint density at radius 3 is 3.04 bits per heavy atom. The predicted octanol–water partition coefficient (Wildman–Crippen LogP) is 1.63. The van der Waals surface area contributed by atoms with Crippen molar-refractivity contribution >= 4 is 34.4 Å². The molecule has 0 radical (unpaired) electrons. The van der Waals surface area contributed by atoms with Gasteiger partial charge in [0.2, 0.25) is 5.91 Å². The van der Waals surface area contributed by atoms with Crippen LogP contribution in [0.5, 0.6) is 5.75 Å². The van der Waals surface area contributed by atoms with Gasteiger partial charge in [0.15, 0.2) is 6.29 Å². The normalized spacial score (nSPS) is 10.7. The van der Waals surface area contributed by atoms with Gasteiger partial charge in [0.1, 0.15) is 23.0 Å². The van der Waals surface area contributed by atoms with Crippen LogP contribution in [0.2, 0.25) is 0 Å². The minimum atomic E-state index is -0.204. The Morgan fingerprint density at radius 1 is 1.48 bits per heavy atom. The van der Waals surface area contributed by atoms with Crippen molar-refractivity contribution in [2.75, 3.05) is 7.11 Å². The maximum absolute atomic E-state index is 12.1. The molecule has 1 aromatic carbocycles. The molecule has 0 unspecified atom stereocenters. The molecule has 1 amide bonds. The number of hydrogen-bond acceptors (Lipinski definition) is 6. The number of fused-ring (bicyclic) bond motifs is 1. The lowest BCUT2D eigenvalue weighted by Crippen LogP contribution is -2.27. The molecule has 0 atom stereocenters. The molecule has 0 spiro atoms. The number of amides is 1. The third kappa shape index (κ3) is 3.21. The van der Waals surface area contributed by atoms with E-state index in [1.807, 2.05) is 5.38 Å². The average Bonchev–Trinajstić information content (AvgIpc) is 3.20. The summed E-state index contributed by atoms with van der Waals surface area (Å²) in [4.78, 5) is 27.3. The van der Waals surface area contributed by atoms with Gasteiger partial charge in [0.25, 0.3) is 0 Å². The summed E-state index contributed by atoms with van der Waals surface area (Å²) in [6.07, 6.45) is 2.37. The Kier molecular flexibility index (Phi) is 4.33. The van der Waals surface area contributed by atoms with E-state index in [0.29, 0.717) is 35.2 Å². The molecule has 118 valence electrons. The number of nitrogens with zero attached hydrogens (tertiary/aromatic N) is 3. The van der Waals surface area contributed by atoms with Gasteiger partial charge in [-0.25, -0.2) is 4.98 Å². The van der Waals surface area contributed by atoms with E-state index in [2.05, 4.69) is 15.4 Å². The molecule has 3 aromatic rings. The average molecular weight is 330 g/mol. The van der Waals surface area contributed by atoms with Gasteiger partial charge in [-0.1, -0.05) is 0 Å². The number of aromatic nitrogens is 3. The van der Waals surface area contributed by atoms with Crippen LogP contribution in [0.3, 0.4) is 0 Å². The number of hydrogen-bond donors (Lipinski definition) is 1. The molecule has 2 aromatic heterocycles.